The van der Waals surface area contributed by atoms with Crippen LogP contribution in [0.5, 0.6) is 11.8 Å². The second kappa shape index (κ2) is 10.4. The summed E-state index contributed by atoms with van der Waals surface area (Å²) in [6.45, 7) is 3.65. The summed E-state index contributed by atoms with van der Waals surface area (Å²) in [6, 6.07) is 12.2. The average molecular weight is 486 g/mol. The Morgan fingerprint density at radius 1 is 1.12 bits per heavy atom. The van der Waals surface area contributed by atoms with E-state index in [-0.39, 0.29) is 11.0 Å². The van der Waals surface area contributed by atoms with Crippen molar-refractivity contribution >= 4 is 15.5 Å². The van der Waals surface area contributed by atoms with Crippen molar-refractivity contribution in [1.29, 1.82) is 0 Å². The van der Waals surface area contributed by atoms with Crippen LogP contribution in [0.4, 0.5) is 10.1 Å². The predicted octanol–water partition coefficient (Wildman–Crippen LogP) is 3.86. The molecule has 0 N–H and O–H groups in total. The minimum atomic E-state index is -3.45. The third-order valence-electron chi connectivity index (χ3n) is 5.75. The van der Waals surface area contributed by atoms with Gasteiger partial charge in [0.2, 0.25) is 0 Å². The summed E-state index contributed by atoms with van der Waals surface area (Å²) in [5, 5.41) is 0. The Morgan fingerprint density at radius 3 is 2.62 bits per heavy atom. The lowest BCUT2D eigenvalue weighted by Gasteiger charge is -2.20. The molecule has 0 saturated carbocycles. The number of halogens is 1. The largest absolute Gasteiger partial charge is 0.489 e. The fraction of sp³-hybridized carbons (Fsp3) is 0.360. The summed E-state index contributed by atoms with van der Waals surface area (Å²) in [7, 11) is -3.45. The van der Waals surface area contributed by atoms with Crippen molar-refractivity contribution in [1.82, 2.24) is 9.97 Å². The summed E-state index contributed by atoms with van der Waals surface area (Å²) in [5.41, 5.74) is 2.52. The van der Waals surface area contributed by atoms with Crippen molar-refractivity contribution in [3.8, 4) is 11.8 Å². The molecule has 1 aliphatic heterocycles. The molecule has 3 aromatic rings. The maximum atomic E-state index is 14.6. The first-order chi connectivity index (χ1) is 16.3. The second-order valence-corrected chi connectivity index (χ2v) is 10.3. The van der Waals surface area contributed by atoms with Gasteiger partial charge in [0.1, 0.15) is 17.7 Å². The van der Waals surface area contributed by atoms with Crippen molar-refractivity contribution < 1.29 is 22.3 Å². The molecular weight excluding hydrogens is 457 g/mol. The second-order valence-electron chi connectivity index (χ2n) is 8.33. The van der Waals surface area contributed by atoms with E-state index in [1.165, 1.54) is 12.1 Å². The van der Waals surface area contributed by atoms with E-state index in [9.17, 15) is 12.8 Å². The highest BCUT2D eigenvalue weighted by atomic mass is 32.2. The van der Waals surface area contributed by atoms with Crippen molar-refractivity contribution in [3.05, 3.63) is 71.8 Å². The topological polar surface area (TPSA) is 81.6 Å². The number of hydrogen-bond donors (Lipinski definition) is 0. The first-order valence-electron chi connectivity index (χ1n) is 11.3. The van der Waals surface area contributed by atoms with Crippen molar-refractivity contribution in [2.75, 3.05) is 30.9 Å². The summed E-state index contributed by atoms with van der Waals surface area (Å²) < 4.78 is 49.6. The molecule has 4 rings (SSSR count). The molecule has 0 aliphatic carbocycles. The predicted molar refractivity (Wildman–Crippen MR) is 128 cm³/mol. The minimum Gasteiger partial charge on any atom is -0.489 e. The number of aromatic nitrogens is 2. The lowest BCUT2D eigenvalue weighted by molar-refractivity contribution is 0.224. The number of sulfone groups is 1. The third-order valence-corrected chi connectivity index (χ3v) is 6.86. The van der Waals surface area contributed by atoms with E-state index in [0.29, 0.717) is 37.8 Å². The molecular formula is C25H28FN3O4S. The third kappa shape index (κ3) is 6.02. The van der Waals surface area contributed by atoms with Crippen LogP contribution in [0.25, 0.3) is 0 Å². The molecule has 2 heterocycles. The Balaban J connectivity index is 1.31. The maximum absolute atomic E-state index is 14.6. The highest BCUT2D eigenvalue weighted by Gasteiger charge is 2.26. The standard InChI is InChI=1S/C25H28FN3O4S/c1-3-18-15-27-25(28-16-18)32-12-10-19-5-4-6-20(13-19)33-21-9-11-29(17-21)24-8-7-22(14-23(24)26)34(2,30)31/h4-8,13-16,21H,3,9-12,17H2,1-2H3/t21-/m0/s1. The summed E-state index contributed by atoms with van der Waals surface area (Å²) in [6.07, 6.45) is 6.83. The lowest BCUT2D eigenvalue weighted by Crippen LogP contribution is -2.25. The van der Waals surface area contributed by atoms with Crippen molar-refractivity contribution in [2.45, 2.75) is 37.2 Å². The zero-order valence-corrected chi connectivity index (χ0v) is 20.1. The molecule has 180 valence electrons. The Bertz CT molecular complexity index is 1240. The van der Waals surface area contributed by atoms with E-state index in [2.05, 4.69) is 9.97 Å². The number of aryl methyl sites for hydroxylation is 1. The number of anilines is 1. The molecule has 1 saturated heterocycles. The smallest absolute Gasteiger partial charge is 0.316 e. The highest BCUT2D eigenvalue weighted by Crippen LogP contribution is 2.28. The minimum absolute atomic E-state index is 0.0221. The number of hydrogen-bond acceptors (Lipinski definition) is 7. The van der Waals surface area contributed by atoms with Gasteiger partial charge in [0, 0.05) is 38.0 Å². The Kier molecular flexibility index (Phi) is 7.31. The molecule has 0 spiro atoms. The summed E-state index contributed by atoms with van der Waals surface area (Å²) >= 11 is 0. The normalized spacial score (nSPS) is 16.0. The first-order valence-corrected chi connectivity index (χ1v) is 13.1. The molecule has 2 aromatic carbocycles. The summed E-state index contributed by atoms with van der Waals surface area (Å²) in [4.78, 5) is 10.3. The van der Waals surface area contributed by atoms with Gasteiger partial charge >= 0.3 is 6.01 Å². The molecule has 0 amide bonds. The molecule has 7 nitrogen and oxygen atoms in total. The van der Waals surface area contributed by atoms with Gasteiger partial charge in [0.15, 0.2) is 9.84 Å². The van der Waals surface area contributed by atoms with Crippen LogP contribution in [0.1, 0.15) is 24.5 Å². The van der Waals surface area contributed by atoms with Gasteiger partial charge in [-0.1, -0.05) is 19.1 Å². The molecule has 1 aromatic heterocycles. The average Bonchev–Trinajstić information content (AvgIpc) is 3.27. The Morgan fingerprint density at radius 2 is 1.91 bits per heavy atom. The van der Waals surface area contributed by atoms with Gasteiger partial charge in [-0.25, -0.2) is 22.8 Å². The van der Waals surface area contributed by atoms with Crippen LogP contribution >= 0.6 is 0 Å². The van der Waals surface area contributed by atoms with Gasteiger partial charge < -0.3 is 14.4 Å². The fourth-order valence-corrected chi connectivity index (χ4v) is 4.48. The van der Waals surface area contributed by atoms with Gasteiger partial charge in [-0.05, 0) is 47.9 Å². The Labute approximate surface area is 199 Å². The van der Waals surface area contributed by atoms with Crippen LogP contribution in [-0.4, -0.2) is 50.4 Å². The van der Waals surface area contributed by atoms with E-state index < -0.39 is 15.7 Å². The van der Waals surface area contributed by atoms with Crippen LogP contribution in [0.3, 0.4) is 0 Å². The van der Waals surface area contributed by atoms with E-state index in [1.54, 1.807) is 12.4 Å². The van der Waals surface area contributed by atoms with Crippen molar-refractivity contribution in [2.24, 2.45) is 0 Å². The fourth-order valence-electron chi connectivity index (χ4n) is 3.84. The van der Waals surface area contributed by atoms with Gasteiger partial charge in [-0.2, -0.15) is 0 Å². The quantitative estimate of drug-likeness (QED) is 0.455. The molecule has 0 radical (unpaired) electrons. The number of rotatable bonds is 9. The van der Waals surface area contributed by atoms with E-state index >= 15 is 0 Å². The number of nitrogens with zero attached hydrogens (tertiary/aromatic N) is 3. The van der Waals surface area contributed by atoms with Crippen LogP contribution in [0, 0.1) is 5.82 Å². The molecule has 1 aliphatic rings. The molecule has 1 fully saturated rings. The SMILES string of the molecule is CCc1cnc(OCCc2cccc(O[C@H]3CCN(c4ccc(S(C)(=O)=O)cc4F)C3)c2)nc1. The molecule has 34 heavy (non-hydrogen) atoms. The number of benzene rings is 2. The van der Waals surface area contributed by atoms with Crippen LogP contribution in [-0.2, 0) is 22.7 Å². The first kappa shape index (κ1) is 23.9. The van der Waals surface area contributed by atoms with Gasteiger partial charge in [0.05, 0.1) is 23.7 Å². The maximum Gasteiger partial charge on any atom is 0.316 e. The van der Waals surface area contributed by atoms with Crippen LogP contribution < -0.4 is 14.4 Å². The van der Waals surface area contributed by atoms with E-state index in [0.717, 1.165) is 42.0 Å². The lowest BCUT2D eigenvalue weighted by atomic mass is 10.1. The van der Waals surface area contributed by atoms with Crippen LogP contribution in [0.15, 0.2) is 59.8 Å². The Hall–Kier alpha value is -3.20. The highest BCUT2D eigenvalue weighted by molar-refractivity contribution is 7.90. The van der Waals surface area contributed by atoms with E-state index in [4.69, 9.17) is 9.47 Å². The molecule has 1 atom stereocenters. The van der Waals surface area contributed by atoms with E-state index in [1.807, 2.05) is 36.1 Å². The van der Waals surface area contributed by atoms with Crippen LogP contribution in [0.2, 0.25) is 0 Å². The zero-order valence-electron chi connectivity index (χ0n) is 19.3. The molecule has 0 bridgehead atoms. The van der Waals surface area contributed by atoms with Gasteiger partial charge in [-0.3, -0.25) is 0 Å². The van der Waals surface area contributed by atoms with Gasteiger partial charge in [-0.15, -0.1) is 0 Å². The van der Waals surface area contributed by atoms with Gasteiger partial charge in [0.25, 0.3) is 0 Å². The molecule has 9 heteroatoms. The molecule has 0 unspecified atom stereocenters. The van der Waals surface area contributed by atoms with Crippen molar-refractivity contribution in [3.63, 3.8) is 0 Å². The monoisotopic (exact) mass is 485 g/mol. The summed E-state index contributed by atoms with van der Waals surface area (Å²) in [5.74, 6) is 0.208. The number of ether oxygens (including phenoxy) is 2. The zero-order chi connectivity index (χ0) is 24.1.